The van der Waals surface area contributed by atoms with Crippen LogP contribution >= 0.6 is 0 Å². The van der Waals surface area contributed by atoms with Crippen molar-refractivity contribution in [3.63, 3.8) is 0 Å². The van der Waals surface area contributed by atoms with Gasteiger partial charge in [-0.15, -0.1) is 0 Å². The van der Waals surface area contributed by atoms with E-state index in [9.17, 15) is 18.3 Å². The molecule has 24 heavy (non-hydrogen) atoms. The Bertz CT molecular complexity index is 900. The molecule has 1 saturated carbocycles. The number of rotatable bonds is 0. The Morgan fingerprint density at radius 2 is 2.08 bits per heavy atom. The SMILES string of the molecule is O[C@H]1C(C(F)(F)F)=C2c3ccc4[nH]ncc4c3[C@H](F)[C@@]23CC[C@H]1C3. The number of halogens is 4. The van der Waals surface area contributed by atoms with E-state index in [-0.39, 0.29) is 23.1 Å². The normalized spacial score (nSPS) is 34.8. The van der Waals surface area contributed by atoms with Crippen LogP contribution in [0.25, 0.3) is 16.5 Å². The van der Waals surface area contributed by atoms with Gasteiger partial charge >= 0.3 is 6.18 Å². The first kappa shape index (κ1) is 14.5. The van der Waals surface area contributed by atoms with Crippen molar-refractivity contribution in [2.75, 3.05) is 0 Å². The maximum Gasteiger partial charge on any atom is 0.415 e. The largest absolute Gasteiger partial charge is 0.415 e. The van der Waals surface area contributed by atoms with E-state index in [4.69, 9.17) is 0 Å². The molecule has 5 rings (SSSR count). The summed E-state index contributed by atoms with van der Waals surface area (Å²) in [5, 5.41) is 17.5. The van der Waals surface area contributed by atoms with Crippen LogP contribution < -0.4 is 0 Å². The molecule has 0 saturated heterocycles. The van der Waals surface area contributed by atoms with Gasteiger partial charge in [0.05, 0.1) is 23.4 Å². The van der Waals surface area contributed by atoms with Gasteiger partial charge < -0.3 is 5.11 Å². The number of aliphatic hydroxyl groups excluding tert-OH is 1. The van der Waals surface area contributed by atoms with Crippen LogP contribution in [0.1, 0.15) is 36.6 Å². The van der Waals surface area contributed by atoms with Crippen molar-refractivity contribution in [2.24, 2.45) is 11.3 Å². The molecule has 1 heterocycles. The molecule has 7 heteroatoms. The van der Waals surface area contributed by atoms with Gasteiger partial charge in [-0.25, -0.2) is 4.39 Å². The van der Waals surface area contributed by atoms with E-state index in [0.717, 1.165) is 0 Å². The second-order valence-electron chi connectivity index (χ2n) is 7.11. The van der Waals surface area contributed by atoms with Gasteiger partial charge in [-0.1, -0.05) is 6.07 Å². The van der Waals surface area contributed by atoms with Gasteiger partial charge in [0.2, 0.25) is 0 Å². The van der Waals surface area contributed by atoms with E-state index in [1.54, 1.807) is 6.07 Å². The molecule has 1 aromatic heterocycles. The number of H-pyrrole nitrogens is 1. The summed E-state index contributed by atoms with van der Waals surface area (Å²) in [5.41, 5.74) is -0.961. The van der Waals surface area contributed by atoms with Crippen LogP contribution in [0.5, 0.6) is 0 Å². The van der Waals surface area contributed by atoms with E-state index in [1.165, 1.54) is 12.3 Å². The number of allylic oxidation sites excluding steroid dienone is 1. The molecule has 0 amide bonds. The fourth-order valence-electron chi connectivity index (χ4n) is 5.15. The highest BCUT2D eigenvalue weighted by Gasteiger charge is 2.63. The zero-order chi connectivity index (χ0) is 16.9. The molecular formula is C17H14F4N2O. The van der Waals surface area contributed by atoms with Crippen molar-refractivity contribution in [1.82, 2.24) is 10.2 Å². The Kier molecular flexibility index (Phi) is 2.53. The minimum Gasteiger partial charge on any atom is -0.388 e. The number of aromatic amines is 1. The predicted molar refractivity (Wildman–Crippen MR) is 78.7 cm³/mol. The van der Waals surface area contributed by atoms with Crippen LogP contribution in [0, 0.1) is 11.3 Å². The van der Waals surface area contributed by atoms with E-state index in [1.807, 2.05) is 0 Å². The van der Waals surface area contributed by atoms with Gasteiger partial charge in [0.15, 0.2) is 0 Å². The first-order valence-electron chi connectivity index (χ1n) is 7.95. The number of hydrogen-bond donors (Lipinski definition) is 2. The van der Waals surface area contributed by atoms with Crippen LogP contribution in [-0.2, 0) is 0 Å². The van der Waals surface area contributed by atoms with Crippen molar-refractivity contribution < 1.29 is 22.7 Å². The number of aromatic nitrogens is 2. The molecule has 3 aliphatic rings. The average Bonchev–Trinajstić information content (AvgIpc) is 3.18. The summed E-state index contributed by atoms with van der Waals surface area (Å²) in [6.07, 6.45) is -5.28. The number of aliphatic hydroxyl groups is 1. The standard InChI is InChI=1S/C17H14F4N2O/c18-15-11-8(1-2-10-9(11)6-22-23-10)12-13(17(19,20)21)14(24)7-3-4-16(12,15)5-7/h1-2,6-7,14-15,24H,3-5H2,(H,22,23)/t7-,14+,15-,16+/m0/s1. The number of hydrogen-bond acceptors (Lipinski definition) is 2. The third kappa shape index (κ3) is 1.49. The monoisotopic (exact) mass is 338 g/mol. The Morgan fingerprint density at radius 1 is 1.29 bits per heavy atom. The lowest BCUT2D eigenvalue weighted by Crippen LogP contribution is -2.37. The van der Waals surface area contributed by atoms with E-state index < -0.39 is 35.4 Å². The molecule has 1 spiro atoms. The van der Waals surface area contributed by atoms with Crippen molar-refractivity contribution in [3.8, 4) is 0 Å². The molecule has 4 atom stereocenters. The number of benzene rings is 1. The summed E-state index contributed by atoms with van der Waals surface area (Å²) >= 11 is 0. The summed E-state index contributed by atoms with van der Waals surface area (Å²) < 4.78 is 56.7. The average molecular weight is 338 g/mol. The van der Waals surface area contributed by atoms with Crippen molar-refractivity contribution >= 4 is 16.5 Å². The van der Waals surface area contributed by atoms with Gasteiger partial charge in [0.1, 0.15) is 6.17 Å². The number of alkyl halides is 4. The third-order valence-corrected chi connectivity index (χ3v) is 6.08. The Balaban J connectivity index is 1.91. The molecule has 0 radical (unpaired) electrons. The minimum atomic E-state index is -4.67. The Morgan fingerprint density at radius 3 is 2.83 bits per heavy atom. The molecule has 2 bridgehead atoms. The predicted octanol–water partition coefficient (Wildman–Crippen LogP) is 4.06. The van der Waals surface area contributed by atoms with Gasteiger partial charge in [-0.05, 0) is 42.4 Å². The van der Waals surface area contributed by atoms with Crippen molar-refractivity contribution in [2.45, 2.75) is 37.7 Å². The second-order valence-corrected chi connectivity index (χ2v) is 7.11. The molecule has 3 aliphatic carbocycles. The van der Waals surface area contributed by atoms with Gasteiger partial charge in [0.25, 0.3) is 0 Å². The fourth-order valence-corrected chi connectivity index (χ4v) is 5.15. The lowest BCUT2D eigenvalue weighted by Gasteiger charge is -2.37. The zero-order valence-electron chi connectivity index (χ0n) is 12.5. The Labute approximate surface area is 134 Å². The first-order chi connectivity index (χ1) is 11.3. The van der Waals surface area contributed by atoms with Crippen LogP contribution in [0.4, 0.5) is 17.6 Å². The highest BCUT2D eigenvalue weighted by molar-refractivity contribution is 5.94. The summed E-state index contributed by atoms with van der Waals surface area (Å²) in [7, 11) is 0. The van der Waals surface area contributed by atoms with Crippen molar-refractivity contribution in [1.29, 1.82) is 0 Å². The minimum absolute atomic E-state index is 0.0261. The number of nitrogens with zero attached hydrogens (tertiary/aromatic N) is 1. The van der Waals surface area contributed by atoms with Crippen molar-refractivity contribution in [3.05, 3.63) is 35.0 Å². The van der Waals surface area contributed by atoms with Gasteiger partial charge in [0, 0.05) is 16.4 Å². The lowest BCUT2D eigenvalue weighted by atomic mass is 9.69. The smallest absolute Gasteiger partial charge is 0.388 e. The lowest BCUT2D eigenvalue weighted by molar-refractivity contribution is -0.111. The second kappa shape index (κ2) is 4.20. The third-order valence-electron chi connectivity index (χ3n) is 6.08. The van der Waals surface area contributed by atoms with E-state index in [0.29, 0.717) is 23.7 Å². The molecule has 2 aromatic rings. The maximum atomic E-state index is 15.5. The highest BCUT2D eigenvalue weighted by Crippen LogP contribution is 2.70. The summed E-state index contributed by atoms with van der Waals surface area (Å²) in [4.78, 5) is 0. The molecule has 0 unspecified atom stereocenters. The van der Waals surface area contributed by atoms with Gasteiger partial charge in [-0.3, -0.25) is 5.10 Å². The summed E-state index contributed by atoms with van der Waals surface area (Å²) in [5.74, 6) is -0.530. The molecule has 0 aliphatic heterocycles. The summed E-state index contributed by atoms with van der Waals surface area (Å²) in [6.45, 7) is 0. The Hall–Kier alpha value is -1.89. The fraction of sp³-hybridized carbons (Fsp3) is 0.471. The summed E-state index contributed by atoms with van der Waals surface area (Å²) in [6, 6.07) is 3.16. The van der Waals surface area contributed by atoms with Crippen LogP contribution in [0.3, 0.4) is 0 Å². The van der Waals surface area contributed by atoms with Gasteiger partial charge in [-0.2, -0.15) is 18.3 Å². The topological polar surface area (TPSA) is 48.9 Å². The highest BCUT2D eigenvalue weighted by atomic mass is 19.4. The molecule has 1 aromatic carbocycles. The van der Waals surface area contributed by atoms with Crippen LogP contribution in [0.2, 0.25) is 0 Å². The molecule has 3 nitrogen and oxygen atoms in total. The molecule has 126 valence electrons. The first-order valence-corrected chi connectivity index (χ1v) is 7.95. The van der Waals surface area contributed by atoms with Crippen LogP contribution in [0.15, 0.2) is 23.9 Å². The quantitative estimate of drug-likeness (QED) is 0.712. The molecule has 2 N–H and O–H groups in total. The maximum absolute atomic E-state index is 15.5. The number of fused-ring (bicyclic) bond motifs is 5. The number of nitrogens with one attached hydrogen (secondary N) is 1. The molecule has 1 fully saturated rings. The van der Waals surface area contributed by atoms with E-state index >= 15 is 4.39 Å². The van der Waals surface area contributed by atoms with Crippen LogP contribution in [-0.4, -0.2) is 27.6 Å². The zero-order valence-corrected chi connectivity index (χ0v) is 12.5. The van der Waals surface area contributed by atoms with E-state index in [2.05, 4.69) is 10.2 Å². The molecular weight excluding hydrogens is 324 g/mol.